The van der Waals surface area contributed by atoms with E-state index >= 15 is 0 Å². The van der Waals surface area contributed by atoms with Crippen molar-refractivity contribution in [3.63, 3.8) is 0 Å². The fourth-order valence-electron chi connectivity index (χ4n) is 4.79. The van der Waals surface area contributed by atoms with Gasteiger partial charge < -0.3 is 25.0 Å². The zero-order valence-electron chi connectivity index (χ0n) is 21.2. The number of nitrogens with zero attached hydrogens (tertiary/aromatic N) is 3. The summed E-state index contributed by atoms with van der Waals surface area (Å²) < 4.78 is 10.7. The lowest BCUT2D eigenvalue weighted by Crippen LogP contribution is -2.40. The summed E-state index contributed by atoms with van der Waals surface area (Å²) in [5.41, 5.74) is 3.60. The van der Waals surface area contributed by atoms with Gasteiger partial charge in [0, 0.05) is 44.0 Å². The zero-order valence-corrected chi connectivity index (χ0v) is 21.9. The predicted octanol–water partition coefficient (Wildman–Crippen LogP) is 3.85. The van der Waals surface area contributed by atoms with Crippen molar-refractivity contribution in [1.82, 2.24) is 20.2 Å². The SMILES string of the molecule is COCC(NC(=O)CN1Cc2ccc(-c3nc(NC4CCOCC4)ncc3Cl)cc2C1=O)c1ccccc1. The first kappa shape index (κ1) is 26.1. The van der Waals surface area contributed by atoms with Gasteiger partial charge in [-0.15, -0.1) is 0 Å². The van der Waals surface area contributed by atoms with Crippen molar-refractivity contribution in [2.45, 2.75) is 31.5 Å². The van der Waals surface area contributed by atoms with Gasteiger partial charge in [0.2, 0.25) is 11.9 Å². The van der Waals surface area contributed by atoms with Crippen LogP contribution in [0.5, 0.6) is 0 Å². The highest BCUT2D eigenvalue weighted by Gasteiger charge is 2.30. The van der Waals surface area contributed by atoms with Gasteiger partial charge in [-0.3, -0.25) is 9.59 Å². The van der Waals surface area contributed by atoms with Crippen LogP contribution in [-0.4, -0.2) is 66.2 Å². The topological polar surface area (TPSA) is 106 Å². The number of amides is 2. The van der Waals surface area contributed by atoms with Crippen LogP contribution in [0.2, 0.25) is 5.02 Å². The van der Waals surface area contributed by atoms with Gasteiger partial charge in [0.15, 0.2) is 0 Å². The quantitative estimate of drug-likeness (QED) is 0.429. The van der Waals surface area contributed by atoms with Gasteiger partial charge in [0.05, 0.1) is 29.6 Å². The smallest absolute Gasteiger partial charge is 0.254 e. The molecule has 2 aliphatic rings. The van der Waals surface area contributed by atoms with Crippen LogP contribution < -0.4 is 10.6 Å². The lowest BCUT2D eigenvalue weighted by atomic mass is 10.0. The molecule has 0 spiro atoms. The minimum Gasteiger partial charge on any atom is -0.382 e. The molecule has 1 atom stereocenters. The number of anilines is 1. The first-order chi connectivity index (χ1) is 18.5. The van der Waals surface area contributed by atoms with Crippen LogP contribution in [0.15, 0.2) is 54.7 Å². The molecule has 2 aromatic carbocycles. The van der Waals surface area contributed by atoms with Crippen LogP contribution in [0.25, 0.3) is 11.3 Å². The summed E-state index contributed by atoms with van der Waals surface area (Å²) in [6.45, 7) is 2.05. The van der Waals surface area contributed by atoms with E-state index in [0.29, 0.717) is 48.6 Å². The third kappa shape index (κ3) is 5.96. The second-order valence-corrected chi connectivity index (χ2v) is 9.85. The van der Waals surface area contributed by atoms with Crippen LogP contribution >= 0.6 is 11.6 Å². The molecule has 2 N–H and O–H groups in total. The van der Waals surface area contributed by atoms with Crippen molar-refractivity contribution in [3.05, 3.63) is 76.4 Å². The third-order valence-electron chi connectivity index (χ3n) is 6.77. The number of hydrogen-bond donors (Lipinski definition) is 2. The second kappa shape index (κ2) is 11.9. The Kier molecular flexibility index (Phi) is 8.17. The van der Waals surface area contributed by atoms with Crippen molar-refractivity contribution in [2.75, 3.05) is 38.8 Å². The summed E-state index contributed by atoms with van der Waals surface area (Å²) in [6.07, 6.45) is 3.34. The van der Waals surface area contributed by atoms with Gasteiger partial charge >= 0.3 is 0 Å². The molecule has 0 saturated carbocycles. The molecule has 198 valence electrons. The Morgan fingerprint density at radius 2 is 2.00 bits per heavy atom. The Morgan fingerprint density at radius 1 is 1.21 bits per heavy atom. The predicted molar refractivity (Wildman–Crippen MR) is 144 cm³/mol. The van der Waals surface area contributed by atoms with E-state index in [2.05, 4.69) is 20.6 Å². The van der Waals surface area contributed by atoms with E-state index in [1.165, 1.54) is 0 Å². The molecular formula is C28H30ClN5O4. The average Bonchev–Trinajstić information content (AvgIpc) is 3.24. The number of rotatable bonds is 9. The number of methoxy groups -OCH3 is 1. The summed E-state index contributed by atoms with van der Waals surface area (Å²) in [6, 6.07) is 15.1. The Labute approximate surface area is 226 Å². The molecule has 3 heterocycles. The molecule has 1 saturated heterocycles. The molecule has 0 bridgehead atoms. The van der Waals surface area contributed by atoms with E-state index in [4.69, 9.17) is 21.1 Å². The van der Waals surface area contributed by atoms with Crippen LogP contribution in [0, 0.1) is 0 Å². The van der Waals surface area contributed by atoms with Gasteiger partial charge in [-0.05, 0) is 30.0 Å². The fourth-order valence-corrected chi connectivity index (χ4v) is 4.99. The van der Waals surface area contributed by atoms with E-state index in [1.54, 1.807) is 24.3 Å². The number of carbonyl (C=O) groups excluding carboxylic acids is 2. The van der Waals surface area contributed by atoms with Crippen LogP contribution in [0.3, 0.4) is 0 Å². The molecular weight excluding hydrogens is 506 g/mol. The molecule has 2 aliphatic heterocycles. The lowest BCUT2D eigenvalue weighted by molar-refractivity contribution is -0.123. The molecule has 1 aromatic heterocycles. The van der Waals surface area contributed by atoms with Crippen LogP contribution in [-0.2, 0) is 20.8 Å². The van der Waals surface area contributed by atoms with Crippen molar-refractivity contribution in [3.8, 4) is 11.3 Å². The number of hydrogen-bond acceptors (Lipinski definition) is 7. The maximum Gasteiger partial charge on any atom is 0.254 e. The number of aromatic nitrogens is 2. The molecule has 9 nitrogen and oxygen atoms in total. The molecule has 1 fully saturated rings. The molecule has 3 aromatic rings. The number of carbonyl (C=O) groups is 2. The summed E-state index contributed by atoms with van der Waals surface area (Å²) in [5.74, 6) is 0.0381. The van der Waals surface area contributed by atoms with Crippen molar-refractivity contribution < 1.29 is 19.1 Å². The molecule has 38 heavy (non-hydrogen) atoms. The van der Waals surface area contributed by atoms with Crippen LogP contribution in [0.1, 0.15) is 40.4 Å². The third-order valence-corrected chi connectivity index (χ3v) is 7.04. The van der Waals surface area contributed by atoms with Gasteiger partial charge in [-0.1, -0.05) is 54.1 Å². The standard InChI is InChI=1S/C28H30ClN5O4/c1-37-17-24(18-5-3-2-4-6-18)32-25(35)16-34-15-20-8-7-19(13-22(20)27(34)36)26-23(29)14-30-28(33-26)31-21-9-11-38-12-10-21/h2-8,13-14,21,24H,9-12,15-17H2,1H3,(H,32,35)(H,30,31,33). The van der Waals surface area contributed by atoms with Gasteiger partial charge in [0.25, 0.3) is 5.91 Å². The van der Waals surface area contributed by atoms with E-state index in [1.807, 2.05) is 42.5 Å². The molecule has 5 rings (SSSR count). The summed E-state index contributed by atoms with van der Waals surface area (Å²) in [7, 11) is 1.59. The molecule has 1 unspecified atom stereocenters. The minimum absolute atomic E-state index is 0.0523. The molecule has 0 aliphatic carbocycles. The van der Waals surface area contributed by atoms with E-state index in [-0.39, 0.29) is 30.4 Å². The number of halogens is 1. The normalized spacial score (nSPS) is 16.3. The Balaban J connectivity index is 1.28. The largest absolute Gasteiger partial charge is 0.382 e. The Hall–Kier alpha value is -3.53. The molecule has 0 radical (unpaired) electrons. The summed E-state index contributed by atoms with van der Waals surface area (Å²) in [5, 5.41) is 6.74. The lowest BCUT2D eigenvalue weighted by Gasteiger charge is -2.23. The highest BCUT2D eigenvalue weighted by atomic mass is 35.5. The summed E-state index contributed by atoms with van der Waals surface area (Å²) in [4.78, 5) is 36.6. The molecule has 10 heteroatoms. The van der Waals surface area contributed by atoms with Gasteiger partial charge in [0.1, 0.15) is 6.54 Å². The van der Waals surface area contributed by atoms with Crippen molar-refractivity contribution in [2.24, 2.45) is 0 Å². The van der Waals surface area contributed by atoms with E-state index in [9.17, 15) is 9.59 Å². The second-order valence-electron chi connectivity index (χ2n) is 9.44. The van der Waals surface area contributed by atoms with Gasteiger partial charge in [-0.25, -0.2) is 9.97 Å². The van der Waals surface area contributed by atoms with Crippen LogP contribution in [0.4, 0.5) is 5.95 Å². The van der Waals surface area contributed by atoms with Gasteiger partial charge in [-0.2, -0.15) is 0 Å². The Bertz CT molecular complexity index is 1300. The fraction of sp³-hybridized carbons (Fsp3) is 0.357. The molecule has 2 amide bonds. The number of nitrogens with one attached hydrogen (secondary N) is 2. The highest BCUT2D eigenvalue weighted by Crippen LogP contribution is 2.31. The highest BCUT2D eigenvalue weighted by molar-refractivity contribution is 6.33. The van der Waals surface area contributed by atoms with E-state index in [0.717, 1.165) is 29.5 Å². The first-order valence-electron chi connectivity index (χ1n) is 12.6. The minimum atomic E-state index is -0.302. The maximum absolute atomic E-state index is 13.2. The van der Waals surface area contributed by atoms with Crippen molar-refractivity contribution in [1.29, 1.82) is 0 Å². The maximum atomic E-state index is 13.2. The summed E-state index contributed by atoms with van der Waals surface area (Å²) >= 11 is 6.45. The first-order valence-corrected chi connectivity index (χ1v) is 13.0. The Morgan fingerprint density at radius 3 is 2.76 bits per heavy atom. The van der Waals surface area contributed by atoms with E-state index < -0.39 is 0 Å². The average molecular weight is 536 g/mol. The number of fused-ring (bicyclic) bond motifs is 1. The van der Waals surface area contributed by atoms with Crippen molar-refractivity contribution >= 4 is 29.4 Å². The zero-order chi connectivity index (χ0) is 26.5. The number of ether oxygens (including phenoxy) is 2. The number of benzene rings is 2. The monoisotopic (exact) mass is 535 g/mol.